The maximum atomic E-state index is 6.43. The van der Waals surface area contributed by atoms with Gasteiger partial charge in [-0.3, -0.25) is 0 Å². The van der Waals surface area contributed by atoms with Crippen molar-refractivity contribution in [1.82, 2.24) is 15.0 Å². The summed E-state index contributed by atoms with van der Waals surface area (Å²) in [7, 11) is 0. The van der Waals surface area contributed by atoms with Crippen molar-refractivity contribution in [3.8, 4) is 89.8 Å². The van der Waals surface area contributed by atoms with Gasteiger partial charge in [0.2, 0.25) is 0 Å². The predicted octanol–water partition coefficient (Wildman–Crippen LogP) is 16.3. The van der Waals surface area contributed by atoms with Crippen LogP contribution in [0, 0.1) is 0 Å². The molecule has 0 fully saturated rings. The molecule has 12 rings (SSSR count). The normalized spacial score (nSPS) is 11.4. The van der Waals surface area contributed by atoms with E-state index < -0.39 is 0 Å². The summed E-state index contributed by atoms with van der Waals surface area (Å²) in [4.78, 5) is 15.5. The molecule has 0 saturated heterocycles. The van der Waals surface area contributed by atoms with E-state index in [1.165, 1.54) is 10.8 Å². The molecule has 304 valence electrons. The lowest BCUT2D eigenvalue weighted by atomic mass is 9.94. The van der Waals surface area contributed by atoms with E-state index in [4.69, 9.17) is 19.4 Å². The van der Waals surface area contributed by atoms with Gasteiger partial charge in [0.05, 0.1) is 0 Å². The molecule has 0 amide bonds. The number of furan rings is 1. The van der Waals surface area contributed by atoms with E-state index in [2.05, 4.69) is 224 Å². The van der Waals surface area contributed by atoms with Crippen LogP contribution in [-0.2, 0) is 0 Å². The molecule has 2 aromatic heterocycles. The van der Waals surface area contributed by atoms with Gasteiger partial charge in [0.15, 0.2) is 17.5 Å². The van der Waals surface area contributed by atoms with Gasteiger partial charge in [-0.15, -0.1) is 0 Å². The first-order valence-electron chi connectivity index (χ1n) is 21.9. The molecule has 0 aliphatic carbocycles. The van der Waals surface area contributed by atoms with E-state index >= 15 is 0 Å². The second-order valence-electron chi connectivity index (χ2n) is 16.4. The molecular formula is C61H39N3O. The van der Waals surface area contributed by atoms with Crippen molar-refractivity contribution in [2.24, 2.45) is 0 Å². The summed E-state index contributed by atoms with van der Waals surface area (Å²) in [6.45, 7) is 0. The largest absolute Gasteiger partial charge is 0.456 e. The van der Waals surface area contributed by atoms with Gasteiger partial charge in [-0.2, -0.15) is 0 Å². The van der Waals surface area contributed by atoms with Crippen molar-refractivity contribution in [3.05, 3.63) is 237 Å². The molecule has 12 aromatic rings. The highest BCUT2D eigenvalue weighted by Crippen LogP contribution is 2.40. The fourth-order valence-electron chi connectivity index (χ4n) is 9.03. The van der Waals surface area contributed by atoms with Crippen LogP contribution in [0.1, 0.15) is 0 Å². The summed E-state index contributed by atoms with van der Waals surface area (Å²) in [6, 6.07) is 83.0. The number of aromatic nitrogens is 3. The first kappa shape index (κ1) is 38.0. The Labute approximate surface area is 376 Å². The number of hydrogen-bond acceptors (Lipinski definition) is 4. The Bertz CT molecular complexity index is 3620. The van der Waals surface area contributed by atoms with Crippen LogP contribution < -0.4 is 0 Å². The molecule has 0 spiro atoms. The minimum Gasteiger partial charge on any atom is -0.456 e. The standard InChI is InChI=1S/C61H39N3O/c1-3-15-40(16-4-1)42-21-11-28-51(35-42)59-62-60(52-29-12-22-43(36-52)41-17-5-2-6-18-41)64-61(63-59)53-30-13-26-47(37-53)45-24-9-23-44(33-45)46-25-10-27-50(34-46)54-31-14-32-56-58(54)55-38-48-19-7-8-20-49(48)39-57(55)65-56/h1-39H. The molecule has 0 radical (unpaired) electrons. The van der Waals surface area contributed by atoms with Gasteiger partial charge in [0.1, 0.15) is 11.2 Å². The minimum absolute atomic E-state index is 0.611. The van der Waals surface area contributed by atoms with Crippen LogP contribution in [-0.4, -0.2) is 15.0 Å². The summed E-state index contributed by atoms with van der Waals surface area (Å²) in [5.41, 5.74) is 15.8. The van der Waals surface area contributed by atoms with E-state index in [0.29, 0.717) is 17.5 Å². The van der Waals surface area contributed by atoms with Crippen LogP contribution >= 0.6 is 0 Å². The summed E-state index contributed by atoms with van der Waals surface area (Å²) in [6.07, 6.45) is 0. The van der Waals surface area contributed by atoms with E-state index in [9.17, 15) is 0 Å². The number of rotatable bonds is 8. The van der Waals surface area contributed by atoms with Crippen LogP contribution in [0.5, 0.6) is 0 Å². The molecule has 10 aromatic carbocycles. The Kier molecular flexibility index (Phi) is 9.46. The third-order valence-electron chi connectivity index (χ3n) is 12.3. The Hall–Kier alpha value is -8.73. The van der Waals surface area contributed by atoms with E-state index in [-0.39, 0.29) is 0 Å². The van der Waals surface area contributed by atoms with E-state index in [1.54, 1.807) is 0 Å². The quantitative estimate of drug-likeness (QED) is 0.153. The third-order valence-corrected chi connectivity index (χ3v) is 12.3. The van der Waals surface area contributed by atoms with Crippen molar-refractivity contribution in [3.63, 3.8) is 0 Å². The monoisotopic (exact) mass is 829 g/mol. The SMILES string of the molecule is c1ccc(-c2cccc(-c3nc(-c4cccc(-c5ccccc5)c4)nc(-c4cccc(-c5cccc(-c6cccc(-c7cccc8oc9cc%10ccccc%10cc9c78)c6)c5)c4)n3)c2)cc1. The highest BCUT2D eigenvalue weighted by atomic mass is 16.3. The average molecular weight is 830 g/mol. The zero-order chi connectivity index (χ0) is 43.1. The van der Waals surface area contributed by atoms with Crippen molar-refractivity contribution in [2.45, 2.75) is 0 Å². The van der Waals surface area contributed by atoms with Gasteiger partial charge < -0.3 is 4.42 Å². The maximum Gasteiger partial charge on any atom is 0.164 e. The van der Waals surface area contributed by atoms with Crippen LogP contribution in [0.25, 0.3) is 123 Å². The van der Waals surface area contributed by atoms with Gasteiger partial charge in [-0.1, -0.05) is 188 Å². The van der Waals surface area contributed by atoms with E-state index in [0.717, 1.165) is 94.3 Å². The summed E-state index contributed by atoms with van der Waals surface area (Å²) >= 11 is 0. The first-order chi connectivity index (χ1) is 32.2. The second-order valence-corrected chi connectivity index (χ2v) is 16.4. The average Bonchev–Trinajstić information content (AvgIpc) is 3.76. The van der Waals surface area contributed by atoms with Crippen molar-refractivity contribution in [1.29, 1.82) is 0 Å². The molecule has 65 heavy (non-hydrogen) atoms. The number of hydrogen-bond donors (Lipinski definition) is 0. The van der Waals surface area contributed by atoms with Crippen LogP contribution in [0.15, 0.2) is 241 Å². The van der Waals surface area contributed by atoms with Gasteiger partial charge in [0.25, 0.3) is 0 Å². The molecule has 4 heteroatoms. The zero-order valence-corrected chi connectivity index (χ0v) is 35.3. The van der Waals surface area contributed by atoms with Crippen molar-refractivity contribution < 1.29 is 4.42 Å². The fraction of sp³-hybridized carbons (Fsp3) is 0. The minimum atomic E-state index is 0.611. The topological polar surface area (TPSA) is 51.8 Å². The zero-order valence-electron chi connectivity index (χ0n) is 35.3. The van der Waals surface area contributed by atoms with Gasteiger partial charge >= 0.3 is 0 Å². The van der Waals surface area contributed by atoms with Gasteiger partial charge in [-0.25, -0.2) is 15.0 Å². The van der Waals surface area contributed by atoms with Crippen LogP contribution in [0.3, 0.4) is 0 Å². The Morgan fingerprint density at radius 3 is 1.09 bits per heavy atom. The van der Waals surface area contributed by atoms with Crippen molar-refractivity contribution >= 4 is 32.7 Å². The van der Waals surface area contributed by atoms with Crippen molar-refractivity contribution in [2.75, 3.05) is 0 Å². The molecule has 0 bridgehead atoms. The lowest BCUT2D eigenvalue weighted by Crippen LogP contribution is -2.00. The molecule has 0 aliphatic heterocycles. The molecular weight excluding hydrogens is 791 g/mol. The summed E-state index contributed by atoms with van der Waals surface area (Å²) in [5, 5.41) is 4.63. The summed E-state index contributed by atoms with van der Waals surface area (Å²) < 4.78 is 6.43. The molecule has 0 saturated carbocycles. The molecule has 2 heterocycles. The highest BCUT2D eigenvalue weighted by Gasteiger charge is 2.17. The Morgan fingerprint density at radius 2 is 0.600 bits per heavy atom. The lowest BCUT2D eigenvalue weighted by Gasteiger charge is -2.12. The summed E-state index contributed by atoms with van der Waals surface area (Å²) in [5.74, 6) is 1.85. The predicted molar refractivity (Wildman–Crippen MR) is 268 cm³/mol. The molecule has 0 unspecified atom stereocenters. The first-order valence-corrected chi connectivity index (χ1v) is 21.9. The Balaban J connectivity index is 0.925. The highest BCUT2D eigenvalue weighted by molar-refractivity contribution is 6.15. The molecule has 0 N–H and O–H groups in total. The second kappa shape index (κ2) is 16.2. The lowest BCUT2D eigenvalue weighted by molar-refractivity contribution is 0.669. The van der Waals surface area contributed by atoms with Gasteiger partial charge in [0, 0.05) is 27.5 Å². The number of benzene rings is 10. The van der Waals surface area contributed by atoms with Gasteiger partial charge in [-0.05, 0) is 115 Å². The maximum absolute atomic E-state index is 6.43. The molecule has 0 aliphatic rings. The number of nitrogens with zero attached hydrogens (tertiary/aromatic N) is 3. The van der Waals surface area contributed by atoms with E-state index in [1.807, 2.05) is 12.1 Å². The fourth-order valence-corrected chi connectivity index (χ4v) is 9.03. The molecule has 0 atom stereocenters. The number of fused-ring (bicyclic) bond motifs is 4. The molecule has 4 nitrogen and oxygen atoms in total. The smallest absolute Gasteiger partial charge is 0.164 e. The van der Waals surface area contributed by atoms with Crippen LogP contribution in [0.4, 0.5) is 0 Å². The van der Waals surface area contributed by atoms with Crippen LogP contribution in [0.2, 0.25) is 0 Å². The third kappa shape index (κ3) is 7.33. The Morgan fingerprint density at radius 1 is 0.246 bits per heavy atom.